The number of rotatable bonds is 3. The van der Waals surface area contributed by atoms with Gasteiger partial charge in [0.15, 0.2) is 5.65 Å². The monoisotopic (exact) mass is 359 g/mol. The highest BCUT2D eigenvalue weighted by Gasteiger charge is 2.50. The van der Waals surface area contributed by atoms with E-state index in [1.807, 2.05) is 47.0 Å². The molecule has 4 rings (SSSR count). The van der Waals surface area contributed by atoms with Crippen molar-refractivity contribution < 1.29 is 9.50 Å². The molecule has 0 unspecified atom stereocenters. The SMILES string of the molecule is CC(C)(O)c1cccn2c(C3(c4ccc(Cl)cc4)CC(F)C3)nnc12. The first kappa shape index (κ1) is 16.5. The molecular formula is C19H19ClFN3O. The molecule has 0 aliphatic heterocycles. The summed E-state index contributed by atoms with van der Waals surface area (Å²) in [6.07, 6.45) is 1.73. The second-order valence-electron chi connectivity index (χ2n) is 7.29. The smallest absolute Gasteiger partial charge is 0.166 e. The van der Waals surface area contributed by atoms with Crippen LogP contribution in [0.5, 0.6) is 0 Å². The Bertz CT molecular complexity index is 924. The molecule has 1 N–H and O–H groups in total. The van der Waals surface area contributed by atoms with Crippen molar-refractivity contribution in [3.05, 3.63) is 64.6 Å². The molecule has 1 aromatic carbocycles. The summed E-state index contributed by atoms with van der Waals surface area (Å²) >= 11 is 6.01. The molecule has 2 heterocycles. The lowest BCUT2D eigenvalue weighted by Crippen LogP contribution is -2.45. The summed E-state index contributed by atoms with van der Waals surface area (Å²) in [4.78, 5) is 0. The summed E-state index contributed by atoms with van der Waals surface area (Å²) in [5.74, 6) is 0.699. The lowest BCUT2D eigenvalue weighted by molar-refractivity contribution is 0.0795. The van der Waals surface area contributed by atoms with Gasteiger partial charge in [-0.15, -0.1) is 10.2 Å². The molecular weight excluding hydrogens is 341 g/mol. The Kier molecular flexibility index (Phi) is 3.63. The van der Waals surface area contributed by atoms with Crippen LogP contribution in [0.25, 0.3) is 5.65 Å². The van der Waals surface area contributed by atoms with Gasteiger partial charge in [0.2, 0.25) is 0 Å². The summed E-state index contributed by atoms with van der Waals surface area (Å²) < 4.78 is 15.8. The summed E-state index contributed by atoms with van der Waals surface area (Å²) in [5, 5.41) is 19.8. The van der Waals surface area contributed by atoms with Crippen LogP contribution in [0.3, 0.4) is 0 Å². The topological polar surface area (TPSA) is 50.4 Å². The third kappa shape index (κ3) is 2.53. The van der Waals surface area contributed by atoms with Crippen LogP contribution in [-0.4, -0.2) is 25.9 Å². The number of aromatic nitrogens is 3. The molecule has 0 atom stereocenters. The number of halogens is 2. The van der Waals surface area contributed by atoms with E-state index in [-0.39, 0.29) is 0 Å². The molecule has 1 aliphatic rings. The van der Waals surface area contributed by atoms with Crippen molar-refractivity contribution >= 4 is 17.2 Å². The highest BCUT2D eigenvalue weighted by Crippen LogP contribution is 2.50. The van der Waals surface area contributed by atoms with E-state index in [9.17, 15) is 9.50 Å². The molecule has 4 nitrogen and oxygen atoms in total. The maximum absolute atomic E-state index is 13.9. The number of alkyl halides is 1. The van der Waals surface area contributed by atoms with Gasteiger partial charge in [0.1, 0.15) is 12.0 Å². The normalized spacial score (nSPS) is 23.6. The average Bonchev–Trinajstić information content (AvgIpc) is 2.95. The molecule has 0 radical (unpaired) electrons. The van der Waals surface area contributed by atoms with E-state index in [0.717, 1.165) is 5.56 Å². The van der Waals surface area contributed by atoms with Gasteiger partial charge in [-0.25, -0.2) is 4.39 Å². The number of benzene rings is 1. The van der Waals surface area contributed by atoms with Crippen molar-refractivity contribution in [3.63, 3.8) is 0 Å². The minimum atomic E-state index is -1.04. The van der Waals surface area contributed by atoms with Crippen LogP contribution >= 0.6 is 11.6 Å². The van der Waals surface area contributed by atoms with Crippen LogP contribution in [0.1, 0.15) is 43.6 Å². The molecule has 1 aliphatic carbocycles. The molecule has 6 heteroatoms. The Balaban J connectivity index is 1.91. The number of hydrogen-bond acceptors (Lipinski definition) is 3. The summed E-state index contributed by atoms with van der Waals surface area (Å²) in [6.45, 7) is 3.43. The Morgan fingerprint density at radius 3 is 2.48 bits per heavy atom. The van der Waals surface area contributed by atoms with E-state index in [1.165, 1.54) is 0 Å². The number of aliphatic hydroxyl groups is 1. The van der Waals surface area contributed by atoms with Gasteiger partial charge in [0, 0.05) is 16.8 Å². The largest absolute Gasteiger partial charge is 0.386 e. The minimum Gasteiger partial charge on any atom is -0.386 e. The quantitative estimate of drug-likeness (QED) is 0.768. The van der Waals surface area contributed by atoms with Crippen LogP contribution in [0.4, 0.5) is 4.39 Å². The van der Waals surface area contributed by atoms with Gasteiger partial charge in [-0.3, -0.25) is 4.40 Å². The maximum Gasteiger partial charge on any atom is 0.166 e. The molecule has 3 aromatic rings. The fourth-order valence-electron chi connectivity index (χ4n) is 3.73. The second kappa shape index (κ2) is 5.51. The summed E-state index contributed by atoms with van der Waals surface area (Å²) in [7, 11) is 0. The van der Waals surface area contributed by atoms with Gasteiger partial charge in [0.25, 0.3) is 0 Å². The first-order valence-corrected chi connectivity index (χ1v) is 8.66. The zero-order chi connectivity index (χ0) is 17.8. The van der Waals surface area contributed by atoms with E-state index in [4.69, 9.17) is 11.6 Å². The standard InChI is InChI=1S/C19H19ClFN3O/c1-18(2,25)15-4-3-9-24-16(15)22-23-17(24)19(10-14(21)11-19)12-5-7-13(20)8-6-12/h3-9,14,25H,10-11H2,1-2H3. The average molecular weight is 360 g/mol. The predicted molar refractivity (Wildman–Crippen MR) is 94.6 cm³/mol. The van der Waals surface area contributed by atoms with E-state index >= 15 is 0 Å². The first-order chi connectivity index (χ1) is 11.8. The van der Waals surface area contributed by atoms with E-state index < -0.39 is 17.2 Å². The highest BCUT2D eigenvalue weighted by molar-refractivity contribution is 6.30. The lowest BCUT2D eigenvalue weighted by atomic mass is 9.62. The fourth-order valence-corrected chi connectivity index (χ4v) is 3.86. The molecule has 0 saturated heterocycles. The van der Waals surface area contributed by atoms with Gasteiger partial charge in [-0.1, -0.05) is 29.8 Å². The number of hydrogen-bond donors (Lipinski definition) is 1. The minimum absolute atomic E-state index is 0.363. The second-order valence-corrected chi connectivity index (χ2v) is 7.73. The van der Waals surface area contributed by atoms with Crippen LogP contribution < -0.4 is 0 Å². The highest BCUT2D eigenvalue weighted by atomic mass is 35.5. The molecule has 25 heavy (non-hydrogen) atoms. The van der Waals surface area contributed by atoms with Gasteiger partial charge < -0.3 is 5.11 Å². The molecule has 130 valence electrons. The van der Waals surface area contributed by atoms with Crippen LogP contribution in [0.15, 0.2) is 42.6 Å². The molecule has 2 aromatic heterocycles. The van der Waals surface area contributed by atoms with Crippen molar-refractivity contribution in [1.82, 2.24) is 14.6 Å². The first-order valence-electron chi connectivity index (χ1n) is 8.28. The van der Waals surface area contributed by atoms with E-state index in [2.05, 4.69) is 10.2 Å². The Morgan fingerprint density at radius 2 is 1.88 bits per heavy atom. The maximum atomic E-state index is 13.9. The fraction of sp³-hybridized carbons (Fsp3) is 0.368. The molecule has 1 saturated carbocycles. The van der Waals surface area contributed by atoms with Crippen molar-refractivity contribution in [2.75, 3.05) is 0 Å². The zero-order valence-electron chi connectivity index (χ0n) is 14.1. The van der Waals surface area contributed by atoms with Gasteiger partial charge in [-0.2, -0.15) is 0 Å². The molecule has 0 bridgehead atoms. The van der Waals surface area contributed by atoms with Gasteiger partial charge in [0.05, 0.1) is 11.0 Å². The Labute approximate surface area is 150 Å². The lowest BCUT2D eigenvalue weighted by Gasteiger charge is -2.43. The van der Waals surface area contributed by atoms with E-state index in [1.54, 1.807) is 13.8 Å². The number of fused-ring (bicyclic) bond motifs is 1. The van der Waals surface area contributed by atoms with Crippen LogP contribution in [0, 0.1) is 0 Å². The Hall–Kier alpha value is -1.98. The van der Waals surface area contributed by atoms with Crippen molar-refractivity contribution in [1.29, 1.82) is 0 Å². The van der Waals surface area contributed by atoms with Crippen molar-refractivity contribution in [2.45, 2.75) is 43.9 Å². The van der Waals surface area contributed by atoms with Crippen molar-refractivity contribution in [3.8, 4) is 0 Å². The van der Waals surface area contributed by atoms with Crippen molar-refractivity contribution in [2.24, 2.45) is 0 Å². The van der Waals surface area contributed by atoms with Crippen LogP contribution in [0.2, 0.25) is 5.02 Å². The molecule has 0 amide bonds. The zero-order valence-corrected chi connectivity index (χ0v) is 14.8. The number of pyridine rings is 1. The summed E-state index contributed by atoms with van der Waals surface area (Å²) in [5.41, 5.74) is 0.704. The predicted octanol–water partition coefficient (Wildman–Crippen LogP) is 4.03. The number of nitrogens with zero attached hydrogens (tertiary/aromatic N) is 3. The molecule has 1 fully saturated rings. The third-order valence-corrected chi connectivity index (χ3v) is 5.31. The van der Waals surface area contributed by atoms with E-state index in [0.29, 0.717) is 34.9 Å². The van der Waals surface area contributed by atoms with Gasteiger partial charge in [-0.05, 0) is 50.5 Å². The third-order valence-electron chi connectivity index (χ3n) is 5.06. The van der Waals surface area contributed by atoms with Gasteiger partial charge >= 0.3 is 0 Å². The van der Waals surface area contributed by atoms with Crippen LogP contribution in [-0.2, 0) is 11.0 Å². The summed E-state index contributed by atoms with van der Waals surface area (Å²) in [6, 6.07) is 11.2. The Morgan fingerprint density at radius 1 is 1.20 bits per heavy atom. The molecule has 0 spiro atoms.